The van der Waals surface area contributed by atoms with E-state index in [1.807, 2.05) is 10.8 Å². The average Bonchev–Trinajstić information content (AvgIpc) is 3.16. The van der Waals surface area contributed by atoms with Gasteiger partial charge in [0.15, 0.2) is 11.6 Å². The van der Waals surface area contributed by atoms with Crippen LogP contribution in [0.1, 0.15) is 28.2 Å². The SMILES string of the molecule is C[N+]1(Cc2ccc(F)c(F)c2)C2CC(OC(=O)C(O)(c3cccs3)c3cccs3)CC1C1OC12.[Br-]. The highest BCUT2D eigenvalue weighted by Gasteiger charge is 2.72. The first-order valence-electron chi connectivity index (χ1n) is 11.3. The van der Waals surface area contributed by atoms with Crippen LogP contribution in [0.3, 0.4) is 0 Å². The van der Waals surface area contributed by atoms with Gasteiger partial charge in [-0.3, -0.25) is 0 Å². The number of likely N-dealkylation sites (N-methyl/N-ethyl adjacent to an activating group) is 1. The maximum Gasteiger partial charge on any atom is 0.349 e. The van der Waals surface area contributed by atoms with Crippen LogP contribution in [-0.2, 0) is 26.4 Å². The number of nitrogens with zero attached hydrogens (tertiary/aromatic N) is 1. The van der Waals surface area contributed by atoms with Crippen LogP contribution in [-0.4, -0.2) is 53.0 Å². The molecule has 0 radical (unpaired) electrons. The highest BCUT2D eigenvalue weighted by molar-refractivity contribution is 7.12. The molecule has 3 saturated heterocycles. The molecule has 3 aromatic rings. The third-order valence-corrected chi connectivity index (χ3v) is 9.63. The van der Waals surface area contributed by atoms with E-state index in [0.29, 0.717) is 33.6 Å². The molecule has 1 N–H and O–H groups in total. The lowest BCUT2D eigenvalue weighted by Gasteiger charge is -2.48. The van der Waals surface area contributed by atoms with Gasteiger partial charge in [-0.1, -0.05) is 18.2 Å². The number of aliphatic hydroxyl groups is 1. The number of piperidine rings is 1. The van der Waals surface area contributed by atoms with Crippen molar-refractivity contribution in [2.24, 2.45) is 0 Å². The van der Waals surface area contributed by atoms with Crippen molar-refractivity contribution in [3.8, 4) is 0 Å². The van der Waals surface area contributed by atoms with Gasteiger partial charge in [-0.25, -0.2) is 13.6 Å². The van der Waals surface area contributed by atoms with Gasteiger partial charge in [0.25, 0.3) is 0 Å². The van der Waals surface area contributed by atoms with Crippen LogP contribution in [0, 0.1) is 11.6 Å². The Kier molecular flexibility index (Phi) is 6.43. The molecule has 6 rings (SSSR count). The molecule has 3 aliphatic rings. The number of fused-ring (bicyclic) bond motifs is 5. The van der Waals surface area contributed by atoms with Gasteiger partial charge < -0.3 is 36.0 Å². The number of esters is 1. The van der Waals surface area contributed by atoms with Gasteiger partial charge in [0, 0.05) is 18.4 Å². The normalized spacial score (nSPS) is 30.9. The summed E-state index contributed by atoms with van der Waals surface area (Å²) in [5.41, 5.74) is -1.10. The molecule has 35 heavy (non-hydrogen) atoms. The number of hydrogen-bond donors (Lipinski definition) is 1. The average molecular weight is 585 g/mol. The lowest BCUT2D eigenvalue weighted by atomic mass is 9.93. The van der Waals surface area contributed by atoms with E-state index in [1.165, 1.54) is 34.8 Å². The Labute approximate surface area is 220 Å². The van der Waals surface area contributed by atoms with Crippen molar-refractivity contribution in [2.45, 2.75) is 55.4 Å². The highest BCUT2D eigenvalue weighted by atomic mass is 79.9. The number of carbonyl (C=O) groups excluding carboxylic acids is 1. The fourth-order valence-electron chi connectivity index (χ4n) is 5.95. The van der Waals surface area contributed by atoms with Crippen molar-refractivity contribution < 1.29 is 49.6 Å². The van der Waals surface area contributed by atoms with Crippen molar-refractivity contribution in [3.05, 3.63) is 80.2 Å². The Hall–Kier alpha value is -1.69. The minimum absolute atomic E-state index is 0. The maximum atomic E-state index is 13.8. The predicted molar refractivity (Wildman–Crippen MR) is 123 cm³/mol. The number of hydrogen-bond acceptors (Lipinski definition) is 6. The van der Waals surface area contributed by atoms with E-state index >= 15 is 0 Å². The van der Waals surface area contributed by atoms with Crippen LogP contribution in [0.25, 0.3) is 0 Å². The maximum absolute atomic E-state index is 13.8. The Morgan fingerprint density at radius 1 is 1.09 bits per heavy atom. The van der Waals surface area contributed by atoms with Crippen LogP contribution in [0.15, 0.2) is 53.2 Å². The smallest absolute Gasteiger partial charge is 0.349 e. The van der Waals surface area contributed by atoms with Gasteiger partial charge in [0.2, 0.25) is 5.60 Å². The molecule has 1 aromatic carbocycles. The van der Waals surface area contributed by atoms with Crippen molar-refractivity contribution in [1.29, 1.82) is 0 Å². The Bertz CT molecular complexity index is 1170. The first kappa shape index (κ1) is 25.0. The second kappa shape index (κ2) is 9.00. The Morgan fingerprint density at radius 3 is 2.20 bits per heavy atom. The van der Waals surface area contributed by atoms with Gasteiger partial charge in [-0.05, 0) is 35.0 Å². The molecule has 2 aromatic heterocycles. The van der Waals surface area contributed by atoms with Crippen molar-refractivity contribution in [1.82, 2.24) is 0 Å². The molecule has 4 atom stereocenters. The zero-order valence-electron chi connectivity index (χ0n) is 18.8. The molecule has 0 aliphatic carbocycles. The number of rotatable bonds is 6. The fraction of sp³-hybridized carbons (Fsp3) is 0.400. The molecule has 0 saturated carbocycles. The van der Waals surface area contributed by atoms with Gasteiger partial charge in [-0.15, -0.1) is 22.7 Å². The number of halogens is 3. The summed E-state index contributed by atoms with van der Waals surface area (Å²) in [4.78, 5) is 14.5. The second-order valence-electron chi connectivity index (χ2n) is 9.62. The summed E-state index contributed by atoms with van der Waals surface area (Å²) in [5.74, 6) is -2.36. The molecule has 3 fully saturated rings. The van der Waals surface area contributed by atoms with Crippen molar-refractivity contribution in [3.63, 3.8) is 0 Å². The van der Waals surface area contributed by atoms with E-state index < -0.39 is 23.2 Å². The lowest BCUT2D eigenvalue weighted by molar-refractivity contribution is -0.968. The molecular formula is C25H24BrF2NO4S2. The van der Waals surface area contributed by atoms with Gasteiger partial charge in [-0.2, -0.15) is 0 Å². The quantitative estimate of drug-likeness (QED) is 0.269. The van der Waals surface area contributed by atoms with Crippen LogP contribution < -0.4 is 17.0 Å². The largest absolute Gasteiger partial charge is 1.00 e. The molecule has 186 valence electrons. The number of thiophene rings is 2. The van der Waals surface area contributed by atoms with Crippen molar-refractivity contribution >= 4 is 28.6 Å². The van der Waals surface area contributed by atoms with Gasteiger partial charge in [0.1, 0.15) is 36.9 Å². The molecule has 5 nitrogen and oxygen atoms in total. The summed E-state index contributed by atoms with van der Waals surface area (Å²) in [5, 5.41) is 15.2. The third-order valence-electron chi connectivity index (χ3n) is 7.68. The minimum Gasteiger partial charge on any atom is -1.00 e. The van der Waals surface area contributed by atoms with Crippen molar-refractivity contribution in [2.75, 3.05) is 7.05 Å². The lowest BCUT2D eigenvalue weighted by Crippen LogP contribution is -3.00. The summed E-state index contributed by atoms with van der Waals surface area (Å²) < 4.78 is 39.8. The van der Waals surface area contributed by atoms with E-state index in [9.17, 15) is 18.7 Å². The number of benzene rings is 1. The molecule has 0 amide bonds. The van der Waals surface area contributed by atoms with Gasteiger partial charge >= 0.3 is 5.97 Å². The second-order valence-corrected chi connectivity index (χ2v) is 11.5. The van der Waals surface area contributed by atoms with E-state index in [2.05, 4.69) is 7.05 Å². The van der Waals surface area contributed by atoms with E-state index in [1.54, 1.807) is 30.3 Å². The third kappa shape index (κ3) is 3.98. The summed E-state index contributed by atoms with van der Waals surface area (Å²) in [6, 6.07) is 11.3. The van der Waals surface area contributed by atoms with E-state index in [-0.39, 0.29) is 47.4 Å². The molecule has 2 bridgehead atoms. The van der Waals surface area contributed by atoms with Crippen LogP contribution in [0.4, 0.5) is 8.78 Å². The summed E-state index contributed by atoms with van der Waals surface area (Å²) >= 11 is 2.64. The van der Waals surface area contributed by atoms with E-state index in [0.717, 1.165) is 5.56 Å². The molecule has 0 spiro atoms. The topological polar surface area (TPSA) is 59.1 Å². The summed E-state index contributed by atoms with van der Waals surface area (Å²) in [6.45, 7) is 0.553. The van der Waals surface area contributed by atoms with Gasteiger partial charge in [0.05, 0.1) is 16.8 Å². The Morgan fingerprint density at radius 2 is 1.69 bits per heavy atom. The molecule has 4 unspecified atom stereocenters. The first-order chi connectivity index (χ1) is 16.3. The predicted octanol–water partition coefficient (Wildman–Crippen LogP) is 1.20. The Balaban J connectivity index is 0.00000253. The van der Waals surface area contributed by atoms with Crippen LogP contribution >= 0.6 is 22.7 Å². The molecular weight excluding hydrogens is 560 g/mol. The number of morpholine rings is 1. The number of carbonyl (C=O) groups is 1. The minimum atomic E-state index is -1.83. The monoisotopic (exact) mass is 583 g/mol. The molecule has 3 aliphatic heterocycles. The zero-order valence-corrected chi connectivity index (χ0v) is 22.0. The molecule has 10 heteroatoms. The van der Waals surface area contributed by atoms with Crippen LogP contribution in [0.5, 0.6) is 0 Å². The number of quaternary nitrogens is 1. The number of epoxide rings is 1. The standard InChI is InChI=1S/C25H24F2NO4S2.BrH/c1-28(13-14-6-7-16(26)17(27)10-14)18-11-15(12-19(28)23-22(18)32-23)31-24(29)25(30,20-4-2-8-33-20)21-5-3-9-34-21;/h2-10,15,18-19,22-23,30H,11-13H2,1H3;1H/q+1;/p-1. The fourth-order valence-corrected chi connectivity index (χ4v) is 7.66. The summed E-state index contributed by atoms with van der Waals surface area (Å²) in [7, 11) is 2.12. The van der Waals surface area contributed by atoms with Crippen LogP contribution in [0.2, 0.25) is 0 Å². The first-order valence-corrected chi connectivity index (χ1v) is 13.0. The summed E-state index contributed by atoms with van der Waals surface area (Å²) in [6.07, 6.45) is 1.000. The zero-order chi connectivity index (χ0) is 23.7. The highest BCUT2D eigenvalue weighted by Crippen LogP contribution is 2.53. The molecule has 5 heterocycles. The van der Waals surface area contributed by atoms with E-state index in [4.69, 9.17) is 9.47 Å². The number of ether oxygens (including phenoxy) is 2.